The van der Waals surface area contributed by atoms with Crippen LogP contribution in [0, 0.1) is 13.8 Å². The Morgan fingerprint density at radius 2 is 1.78 bits per heavy atom. The van der Waals surface area contributed by atoms with E-state index in [1.807, 2.05) is 44.4 Å². The van der Waals surface area contributed by atoms with Gasteiger partial charge in [-0.2, -0.15) is 0 Å². The fraction of sp³-hybridized carbons (Fsp3) is 0.219. The third-order valence-corrected chi connectivity index (χ3v) is 6.95. The normalized spacial score (nSPS) is 13.3. The van der Waals surface area contributed by atoms with Gasteiger partial charge in [0.05, 0.1) is 22.4 Å². The molecule has 0 aliphatic heterocycles. The molecule has 0 bridgehead atoms. The highest BCUT2D eigenvalue weighted by atomic mass is 16.5. The van der Waals surface area contributed by atoms with Crippen molar-refractivity contribution in [1.82, 2.24) is 19.7 Å². The van der Waals surface area contributed by atoms with Gasteiger partial charge in [0.15, 0.2) is 0 Å². The highest BCUT2D eigenvalue weighted by Gasteiger charge is 2.23. The maximum atomic E-state index is 5.48. The molecule has 5 heteroatoms. The van der Waals surface area contributed by atoms with Gasteiger partial charge in [-0.15, -0.1) is 0 Å². The third-order valence-electron chi connectivity index (χ3n) is 6.95. The molecule has 186 valence electrons. The van der Waals surface area contributed by atoms with Gasteiger partial charge in [0.1, 0.15) is 11.8 Å². The molecule has 5 nitrogen and oxygen atoms in total. The predicted octanol–water partition coefficient (Wildman–Crippen LogP) is 8.10. The Balaban J connectivity index is 1.80. The van der Waals surface area contributed by atoms with Gasteiger partial charge in [-0.05, 0) is 63.5 Å². The molecule has 1 atom stereocenters. The van der Waals surface area contributed by atoms with Gasteiger partial charge in [0, 0.05) is 35.3 Å². The summed E-state index contributed by atoms with van der Waals surface area (Å²) in [6.07, 6.45) is 11.4. The van der Waals surface area contributed by atoms with Crippen molar-refractivity contribution in [3.05, 3.63) is 119 Å². The Morgan fingerprint density at radius 1 is 1.00 bits per heavy atom. The fourth-order valence-electron chi connectivity index (χ4n) is 4.78. The predicted molar refractivity (Wildman–Crippen MR) is 150 cm³/mol. The summed E-state index contributed by atoms with van der Waals surface area (Å²) in [4.78, 5) is 9.78. The van der Waals surface area contributed by atoms with E-state index in [-0.39, 0.29) is 6.04 Å². The first-order valence-corrected chi connectivity index (χ1v) is 12.7. The van der Waals surface area contributed by atoms with Crippen molar-refractivity contribution in [3.8, 4) is 11.1 Å². The van der Waals surface area contributed by atoms with Crippen LogP contribution in [0.15, 0.2) is 95.4 Å². The van der Waals surface area contributed by atoms with E-state index in [2.05, 4.69) is 85.2 Å². The molecule has 5 aromatic rings. The van der Waals surface area contributed by atoms with Crippen LogP contribution in [-0.4, -0.2) is 19.7 Å². The number of nitrogens with zero attached hydrogens (tertiary/aromatic N) is 4. The molecule has 0 saturated carbocycles. The Hall–Kier alpha value is -4.25. The second kappa shape index (κ2) is 10.4. The van der Waals surface area contributed by atoms with Crippen molar-refractivity contribution < 1.29 is 4.52 Å². The van der Waals surface area contributed by atoms with E-state index in [4.69, 9.17) is 14.5 Å². The second-order valence-corrected chi connectivity index (χ2v) is 9.53. The summed E-state index contributed by atoms with van der Waals surface area (Å²) < 4.78 is 7.79. The van der Waals surface area contributed by atoms with Crippen LogP contribution < -0.4 is 0 Å². The Morgan fingerprint density at radius 3 is 2.46 bits per heavy atom. The van der Waals surface area contributed by atoms with Crippen molar-refractivity contribution in [2.75, 3.05) is 0 Å². The molecule has 0 unspecified atom stereocenters. The van der Waals surface area contributed by atoms with Gasteiger partial charge in [-0.25, -0.2) is 0 Å². The summed E-state index contributed by atoms with van der Waals surface area (Å²) in [5.41, 5.74) is 10.6. The van der Waals surface area contributed by atoms with Gasteiger partial charge in [0.2, 0.25) is 0 Å². The van der Waals surface area contributed by atoms with Crippen LogP contribution in [0.4, 0.5) is 0 Å². The van der Waals surface area contributed by atoms with Crippen LogP contribution in [0.25, 0.3) is 27.7 Å². The van der Waals surface area contributed by atoms with E-state index >= 15 is 0 Å². The molecule has 37 heavy (non-hydrogen) atoms. The van der Waals surface area contributed by atoms with E-state index in [0.29, 0.717) is 0 Å². The van der Waals surface area contributed by atoms with Gasteiger partial charge in [0.25, 0.3) is 0 Å². The lowest BCUT2D eigenvalue weighted by atomic mass is 10.0. The first-order chi connectivity index (χ1) is 18.0. The minimum absolute atomic E-state index is 0.110. The van der Waals surface area contributed by atoms with Crippen molar-refractivity contribution in [3.63, 3.8) is 0 Å². The van der Waals surface area contributed by atoms with E-state index in [9.17, 15) is 0 Å². The number of allylic oxidation sites excluding steroid dienone is 4. The smallest absolute Gasteiger partial charge is 0.141 e. The SMILES string of the molecule is CC/C(C)=C\C=C(/C)c1cn([C@@H](c2ccccc2)c2ccccn2)c2cc(-c3c(C)noc3C)cnc12. The maximum Gasteiger partial charge on any atom is 0.141 e. The van der Waals surface area contributed by atoms with Gasteiger partial charge < -0.3 is 9.09 Å². The molecule has 0 fully saturated rings. The second-order valence-electron chi connectivity index (χ2n) is 9.53. The number of benzene rings is 1. The zero-order valence-electron chi connectivity index (χ0n) is 22.1. The zero-order chi connectivity index (χ0) is 25.9. The first kappa shape index (κ1) is 24.4. The minimum Gasteiger partial charge on any atom is -0.361 e. The summed E-state index contributed by atoms with van der Waals surface area (Å²) in [5, 5.41) is 4.17. The van der Waals surface area contributed by atoms with Crippen LogP contribution in [-0.2, 0) is 0 Å². The maximum absolute atomic E-state index is 5.48. The molecular weight excluding hydrogens is 456 g/mol. The van der Waals surface area contributed by atoms with Crippen molar-refractivity contribution in [2.45, 2.75) is 47.1 Å². The third kappa shape index (κ3) is 4.77. The average Bonchev–Trinajstić information content (AvgIpc) is 3.47. The number of hydrogen-bond acceptors (Lipinski definition) is 4. The van der Waals surface area contributed by atoms with Crippen molar-refractivity contribution >= 4 is 16.6 Å². The van der Waals surface area contributed by atoms with Crippen molar-refractivity contribution in [1.29, 1.82) is 0 Å². The molecule has 4 heterocycles. The highest BCUT2D eigenvalue weighted by molar-refractivity contribution is 5.92. The number of hydrogen-bond donors (Lipinski definition) is 0. The molecule has 0 N–H and O–H groups in total. The number of pyridine rings is 2. The summed E-state index contributed by atoms with van der Waals surface area (Å²) in [6.45, 7) is 10.4. The molecule has 0 amide bonds. The monoisotopic (exact) mass is 488 g/mol. The number of rotatable bonds is 7. The minimum atomic E-state index is -0.110. The summed E-state index contributed by atoms with van der Waals surface area (Å²) in [5.74, 6) is 0.789. The molecule has 0 spiro atoms. The quantitative estimate of drug-likeness (QED) is 0.217. The van der Waals surface area contributed by atoms with E-state index in [1.54, 1.807) is 0 Å². The van der Waals surface area contributed by atoms with E-state index in [1.165, 1.54) is 11.1 Å². The van der Waals surface area contributed by atoms with Crippen molar-refractivity contribution in [2.24, 2.45) is 0 Å². The number of aromatic nitrogens is 4. The molecule has 0 aliphatic rings. The van der Waals surface area contributed by atoms with Gasteiger partial charge >= 0.3 is 0 Å². The molecule has 0 saturated heterocycles. The number of fused-ring (bicyclic) bond motifs is 1. The molecule has 1 aromatic carbocycles. The topological polar surface area (TPSA) is 56.7 Å². The van der Waals surface area contributed by atoms with Crippen LogP contribution >= 0.6 is 0 Å². The lowest BCUT2D eigenvalue weighted by molar-refractivity contribution is 0.393. The van der Waals surface area contributed by atoms with E-state index in [0.717, 1.165) is 56.9 Å². The van der Waals surface area contributed by atoms with E-state index < -0.39 is 0 Å². The molecule has 5 rings (SSSR count). The van der Waals surface area contributed by atoms with Gasteiger partial charge in [-0.1, -0.05) is 66.2 Å². The summed E-state index contributed by atoms with van der Waals surface area (Å²) in [7, 11) is 0. The fourth-order valence-corrected chi connectivity index (χ4v) is 4.78. The highest BCUT2D eigenvalue weighted by Crippen LogP contribution is 2.36. The van der Waals surface area contributed by atoms with Crippen LogP contribution in [0.1, 0.15) is 61.5 Å². The summed E-state index contributed by atoms with van der Waals surface area (Å²) >= 11 is 0. The lowest BCUT2D eigenvalue weighted by Crippen LogP contribution is -2.13. The van der Waals surface area contributed by atoms with Gasteiger partial charge in [-0.3, -0.25) is 9.97 Å². The zero-order valence-corrected chi connectivity index (χ0v) is 22.1. The van der Waals surface area contributed by atoms with Crippen LogP contribution in [0.2, 0.25) is 0 Å². The Bertz CT molecular complexity index is 1530. The molecule has 4 aromatic heterocycles. The molecule has 0 aliphatic carbocycles. The molecule has 0 radical (unpaired) electrons. The average molecular weight is 489 g/mol. The van der Waals surface area contributed by atoms with Crippen LogP contribution in [0.5, 0.6) is 0 Å². The Labute approximate surface area is 218 Å². The standard InChI is InChI=1S/C32H32N4O/c1-6-21(2)15-16-22(3)27-20-36(32(25-12-8-7-9-13-25)28-14-10-11-17-33-28)29-18-26(19-34-31(27)29)30-23(4)35-37-24(30)5/h7-20,32H,6H2,1-5H3/b21-15-,22-16+/t32-/m0/s1. The first-order valence-electron chi connectivity index (χ1n) is 12.7. The van der Waals surface area contributed by atoms with Crippen LogP contribution in [0.3, 0.4) is 0 Å². The summed E-state index contributed by atoms with van der Waals surface area (Å²) in [6, 6.07) is 18.7. The Kier molecular flexibility index (Phi) is 6.87. The largest absolute Gasteiger partial charge is 0.361 e. The molecular formula is C32H32N4O. The lowest BCUT2D eigenvalue weighted by Gasteiger charge is -2.20. The number of aryl methyl sites for hydroxylation is 2.